The predicted molar refractivity (Wildman–Crippen MR) is 116 cm³/mol. The lowest BCUT2D eigenvalue weighted by Crippen LogP contribution is -2.49. The van der Waals surface area contributed by atoms with Crippen LogP contribution >= 0.6 is 11.6 Å². The summed E-state index contributed by atoms with van der Waals surface area (Å²) in [5.74, 6) is -1.89. The molecule has 0 N–H and O–H groups in total. The Morgan fingerprint density at radius 2 is 1.75 bits per heavy atom. The fraction of sp³-hybridized carbons (Fsp3) is 0.348. The Morgan fingerprint density at radius 3 is 2.41 bits per heavy atom. The number of hydrogen-bond donors (Lipinski definition) is 0. The van der Waals surface area contributed by atoms with Gasteiger partial charge in [-0.05, 0) is 42.9 Å². The number of non-ortho nitro benzene ring substituents is 1. The van der Waals surface area contributed by atoms with Crippen LogP contribution in [-0.4, -0.2) is 32.7 Å². The van der Waals surface area contributed by atoms with Crippen LogP contribution in [0.3, 0.4) is 0 Å². The van der Waals surface area contributed by atoms with Gasteiger partial charge in [-0.1, -0.05) is 42.8 Å². The Labute approximate surface area is 189 Å². The van der Waals surface area contributed by atoms with Crippen molar-refractivity contribution in [3.63, 3.8) is 0 Å². The fourth-order valence-electron chi connectivity index (χ4n) is 4.51. The van der Waals surface area contributed by atoms with Crippen LogP contribution in [0.1, 0.15) is 42.1 Å². The Hall–Kier alpha value is -3.26. The van der Waals surface area contributed by atoms with Crippen molar-refractivity contribution >= 4 is 35.0 Å². The third kappa shape index (κ3) is 3.98. The van der Waals surface area contributed by atoms with Gasteiger partial charge < -0.3 is 0 Å². The van der Waals surface area contributed by atoms with Gasteiger partial charge in [0.1, 0.15) is 0 Å². The Kier molecular flexibility index (Phi) is 5.97. The van der Waals surface area contributed by atoms with E-state index in [0.29, 0.717) is 24.3 Å². The van der Waals surface area contributed by atoms with Crippen LogP contribution < -0.4 is 0 Å². The number of fused-ring (bicyclic) bond motifs is 1. The van der Waals surface area contributed by atoms with Gasteiger partial charge in [-0.2, -0.15) is 5.01 Å². The van der Waals surface area contributed by atoms with E-state index in [0.717, 1.165) is 16.4 Å². The summed E-state index contributed by atoms with van der Waals surface area (Å²) in [6, 6.07) is 12.1. The lowest BCUT2D eigenvalue weighted by molar-refractivity contribution is -0.384. The van der Waals surface area contributed by atoms with Crippen LogP contribution in [0.2, 0.25) is 5.02 Å². The summed E-state index contributed by atoms with van der Waals surface area (Å²) in [5, 5.41) is 13.3. The molecule has 2 fully saturated rings. The minimum absolute atomic E-state index is 0.0916. The average Bonchev–Trinajstić information content (AvgIpc) is 3.01. The number of amides is 3. The van der Waals surface area contributed by atoms with E-state index in [1.54, 1.807) is 18.2 Å². The van der Waals surface area contributed by atoms with Crippen LogP contribution in [-0.2, 0) is 16.1 Å². The number of carbonyl (C=O) groups is 3. The van der Waals surface area contributed by atoms with Crippen molar-refractivity contribution in [2.24, 2.45) is 17.8 Å². The second-order valence-electron chi connectivity index (χ2n) is 8.39. The minimum Gasteiger partial charge on any atom is -0.272 e. The van der Waals surface area contributed by atoms with Crippen molar-refractivity contribution in [2.45, 2.75) is 32.7 Å². The van der Waals surface area contributed by atoms with Crippen LogP contribution in [0.5, 0.6) is 0 Å². The van der Waals surface area contributed by atoms with Gasteiger partial charge in [0.25, 0.3) is 23.4 Å². The van der Waals surface area contributed by atoms with Gasteiger partial charge in [-0.25, -0.2) is 5.01 Å². The molecule has 0 bridgehead atoms. The van der Waals surface area contributed by atoms with E-state index in [1.165, 1.54) is 30.3 Å². The van der Waals surface area contributed by atoms with E-state index >= 15 is 0 Å². The average molecular weight is 456 g/mol. The fourth-order valence-corrected chi connectivity index (χ4v) is 4.73. The molecule has 1 aliphatic heterocycles. The quantitative estimate of drug-likeness (QED) is 0.381. The summed E-state index contributed by atoms with van der Waals surface area (Å²) in [6.07, 6.45) is 2.07. The molecule has 1 saturated heterocycles. The highest BCUT2D eigenvalue weighted by Crippen LogP contribution is 2.41. The molecule has 3 amide bonds. The number of rotatable bonds is 5. The number of nitro benzene ring substituents is 1. The molecule has 4 rings (SSSR count). The molecule has 2 aliphatic rings. The largest absolute Gasteiger partial charge is 0.274 e. The zero-order valence-corrected chi connectivity index (χ0v) is 18.2. The molecular formula is C23H22ClN3O5. The van der Waals surface area contributed by atoms with Gasteiger partial charge in [-0.15, -0.1) is 0 Å². The minimum atomic E-state index is -0.581. The second-order valence-corrected chi connectivity index (χ2v) is 8.79. The highest BCUT2D eigenvalue weighted by Gasteiger charge is 2.52. The number of carbonyl (C=O) groups excluding carboxylic acids is 3. The summed E-state index contributed by atoms with van der Waals surface area (Å²) >= 11 is 6.23. The van der Waals surface area contributed by atoms with Gasteiger partial charge in [0.2, 0.25) is 0 Å². The molecule has 8 nitrogen and oxygen atoms in total. The maximum absolute atomic E-state index is 13.5. The monoisotopic (exact) mass is 455 g/mol. The van der Waals surface area contributed by atoms with Gasteiger partial charge in [-0.3, -0.25) is 24.5 Å². The molecule has 32 heavy (non-hydrogen) atoms. The van der Waals surface area contributed by atoms with Crippen LogP contribution in [0.25, 0.3) is 0 Å². The number of hydrogen-bond acceptors (Lipinski definition) is 5. The maximum atomic E-state index is 13.5. The Morgan fingerprint density at radius 1 is 1.09 bits per heavy atom. The Bertz CT molecular complexity index is 1090. The second kappa shape index (κ2) is 8.70. The first-order chi connectivity index (χ1) is 15.3. The highest BCUT2D eigenvalue weighted by atomic mass is 35.5. The van der Waals surface area contributed by atoms with Crippen LogP contribution in [0, 0.1) is 27.9 Å². The molecule has 1 aliphatic carbocycles. The molecule has 0 aromatic heterocycles. The molecular weight excluding hydrogens is 434 g/mol. The number of hydrazine groups is 1. The summed E-state index contributed by atoms with van der Waals surface area (Å²) < 4.78 is 0. The maximum Gasteiger partial charge on any atom is 0.274 e. The van der Waals surface area contributed by atoms with Gasteiger partial charge in [0.15, 0.2) is 0 Å². The smallest absolute Gasteiger partial charge is 0.272 e. The molecule has 166 valence electrons. The summed E-state index contributed by atoms with van der Waals surface area (Å²) in [7, 11) is 0. The normalized spacial score (nSPS) is 22.6. The number of benzene rings is 2. The summed E-state index contributed by atoms with van der Waals surface area (Å²) in [4.78, 5) is 50.4. The number of nitrogens with zero attached hydrogens (tertiary/aromatic N) is 3. The number of halogens is 1. The molecule has 0 radical (unpaired) electrons. The third-order valence-corrected chi connectivity index (χ3v) is 6.55. The standard InChI is InChI=1S/C23H22ClN3O5/c1-14-6-11-17-19(12-14)23(30)26(22(17)29)25(21(28)18-4-2-3-5-20(18)24)13-15-7-9-16(10-8-15)27(31)32/h2-5,7-10,14,17,19H,6,11-13H2,1H3/t14-,17-,19-/m1/s1. The van der Waals surface area contributed by atoms with Gasteiger partial charge in [0.05, 0.1) is 33.9 Å². The zero-order chi connectivity index (χ0) is 23.0. The van der Waals surface area contributed by atoms with Crippen molar-refractivity contribution in [1.29, 1.82) is 0 Å². The number of imide groups is 1. The van der Waals surface area contributed by atoms with E-state index in [-0.39, 0.29) is 34.6 Å². The van der Waals surface area contributed by atoms with E-state index < -0.39 is 22.7 Å². The van der Waals surface area contributed by atoms with Crippen molar-refractivity contribution in [3.8, 4) is 0 Å². The topological polar surface area (TPSA) is 101 Å². The van der Waals surface area contributed by atoms with Crippen molar-refractivity contribution < 1.29 is 19.3 Å². The Balaban J connectivity index is 1.71. The molecule has 1 saturated carbocycles. The first-order valence-corrected chi connectivity index (χ1v) is 10.8. The van der Waals surface area contributed by atoms with Crippen molar-refractivity contribution in [3.05, 3.63) is 74.8 Å². The van der Waals surface area contributed by atoms with E-state index in [1.807, 2.05) is 0 Å². The van der Waals surface area contributed by atoms with E-state index in [9.17, 15) is 24.5 Å². The van der Waals surface area contributed by atoms with Crippen molar-refractivity contribution in [2.75, 3.05) is 0 Å². The van der Waals surface area contributed by atoms with E-state index in [4.69, 9.17) is 11.6 Å². The number of nitro groups is 1. The van der Waals surface area contributed by atoms with Crippen LogP contribution in [0.4, 0.5) is 5.69 Å². The molecule has 2 aromatic carbocycles. The lowest BCUT2D eigenvalue weighted by Gasteiger charge is -2.31. The summed E-state index contributed by atoms with van der Waals surface area (Å²) in [6.45, 7) is 1.95. The molecule has 2 aromatic rings. The lowest BCUT2D eigenvalue weighted by atomic mass is 9.76. The zero-order valence-electron chi connectivity index (χ0n) is 17.4. The van der Waals surface area contributed by atoms with Crippen molar-refractivity contribution in [1.82, 2.24) is 10.0 Å². The molecule has 9 heteroatoms. The van der Waals surface area contributed by atoms with Crippen LogP contribution in [0.15, 0.2) is 48.5 Å². The predicted octanol–water partition coefficient (Wildman–Crippen LogP) is 4.23. The van der Waals surface area contributed by atoms with Gasteiger partial charge in [0, 0.05) is 12.1 Å². The first kappa shape index (κ1) is 22.0. The highest BCUT2D eigenvalue weighted by molar-refractivity contribution is 6.33. The SMILES string of the molecule is C[C@@H]1CC[C@H]2C(=O)N(N(Cc3ccc([N+](=O)[O-])cc3)C(=O)c3ccccc3Cl)C(=O)[C@@H]2C1. The third-order valence-electron chi connectivity index (χ3n) is 6.22. The van der Waals surface area contributed by atoms with Gasteiger partial charge >= 0.3 is 0 Å². The molecule has 0 spiro atoms. The molecule has 1 heterocycles. The van der Waals surface area contributed by atoms with E-state index in [2.05, 4.69) is 6.92 Å². The first-order valence-electron chi connectivity index (χ1n) is 10.5. The molecule has 3 atom stereocenters. The summed E-state index contributed by atoms with van der Waals surface area (Å²) in [5.41, 5.74) is 0.617. The molecule has 0 unspecified atom stereocenters.